The molecule has 200 valence electrons. The van der Waals surface area contributed by atoms with Crippen molar-refractivity contribution in [2.75, 3.05) is 23.9 Å². The van der Waals surface area contributed by atoms with Crippen LogP contribution in [-0.2, 0) is 39.1 Å². The number of fused-ring (bicyclic) bond motifs is 3. The lowest BCUT2D eigenvalue weighted by molar-refractivity contribution is -0.135. The van der Waals surface area contributed by atoms with Gasteiger partial charge >= 0.3 is 5.97 Å². The summed E-state index contributed by atoms with van der Waals surface area (Å²) >= 11 is 0. The average Bonchev–Trinajstić information content (AvgIpc) is 3.72. The average molecular weight is 536 g/mol. The lowest BCUT2D eigenvalue weighted by Crippen LogP contribution is -2.10. The fourth-order valence-electron chi connectivity index (χ4n) is 4.77. The van der Waals surface area contributed by atoms with E-state index in [1.54, 1.807) is 6.07 Å². The molecule has 0 spiro atoms. The molecule has 1 saturated carbocycles. The molecule has 0 saturated heterocycles. The van der Waals surface area contributed by atoms with E-state index in [2.05, 4.69) is 30.4 Å². The molecule has 38 heavy (non-hydrogen) atoms. The van der Waals surface area contributed by atoms with E-state index in [1.807, 2.05) is 30.3 Å². The summed E-state index contributed by atoms with van der Waals surface area (Å²) in [5.41, 5.74) is 7.59. The molecule has 5 rings (SSSR count). The number of hydrogen-bond acceptors (Lipinski definition) is 7. The lowest BCUT2D eigenvalue weighted by atomic mass is 9.90. The highest BCUT2D eigenvalue weighted by atomic mass is 32.2. The zero-order valence-corrected chi connectivity index (χ0v) is 22.6. The first-order chi connectivity index (χ1) is 18.3. The number of nitrogens with one attached hydrogen (secondary N) is 1. The number of carbonyl (C=O) groups excluding carboxylic acids is 1. The Balaban J connectivity index is 1.31. The predicted molar refractivity (Wildman–Crippen MR) is 147 cm³/mol. The van der Waals surface area contributed by atoms with Crippen LogP contribution in [0.15, 0.2) is 54.6 Å². The van der Waals surface area contributed by atoms with Crippen molar-refractivity contribution in [2.45, 2.75) is 45.9 Å². The minimum absolute atomic E-state index is 0.0558. The molecule has 3 aromatic carbocycles. The Hall–Kier alpha value is -3.36. The van der Waals surface area contributed by atoms with Crippen LogP contribution in [0.5, 0.6) is 11.5 Å². The van der Waals surface area contributed by atoms with Crippen molar-refractivity contribution in [2.24, 2.45) is 5.92 Å². The van der Waals surface area contributed by atoms with Crippen molar-refractivity contribution in [3.63, 3.8) is 0 Å². The minimum atomic E-state index is -3.00. The summed E-state index contributed by atoms with van der Waals surface area (Å²) in [5, 5.41) is 3.47. The molecule has 8 heteroatoms. The van der Waals surface area contributed by atoms with Gasteiger partial charge in [0.25, 0.3) is 0 Å². The second kappa shape index (κ2) is 11.2. The van der Waals surface area contributed by atoms with Gasteiger partial charge in [-0.15, -0.1) is 0 Å². The Labute approximate surface area is 224 Å². The van der Waals surface area contributed by atoms with E-state index < -0.39 is 9.84 Å². The van der Waals surface area contributed by atoms with Gasteiger partial charge in [0.15, 0.2) is 0 Å². The molecular formula is C30H33NO6S. The van der Waals surface area contributed by atoms with Gasteiger partial charge in [0.2, 0.25) is 0 Å². The van der Waals surface area contributed by atoms with Gasteiger partial charge in [-0.3, -0.25) is 4.79 Å². The number of benzene rings is 3. The summed E-state index contributed by atoms with van der Waals surface area (Å²) in [4.78, 5) is 12.0. The van der Waals surface area contributed by atoms with Crippen LogP contribution >= 0.6 is 0 Å². The molecule has 2 aliphatic rings. The number of sulfone groups is 1. The van der Waals surface area contributed by atoms with Gasteiger partial charge in [-0.25, -0.2) is 8.42 Å². The van der Waals surface area contributed by atoms with E-state index in [9.17, 15) is 13.2 Å². The molecule has 1 fully saturated rings. The van der Waals surface area contributed by atoms with Gasteiger partial charge in [0.05, 0.1) is 31.5 Å². The number of rotatable bonds is 10. The van der Waals surface area contributed by atoms with Gasteiger partial charge in [0, 0.05) is 24.6 Å². The summed E-state index contributed by atoms with van der Waals surface area (Å²) in [7, 11) is -3.00. The van der Waals surface area contributed by atoms with Gasteiger partial charge in [0.1, 0.15) is 21.3 Å². The van der Waals surface area contributed by atoms with Crippen LogP contribution in [0.2, 0.25) is 0 Å². The zero-order chi connectivity index (χ0) is 26.7. The fourth-order valence-corrected chi connectivity index (χ4v) is 5.41. The molecule has 0 radical (unpaired) electrons. The normalized spacial score (nSPS) is 14.7. The number of aryl methyl sites for hydroxylation is 1. The Morgan fingerprint density at radius 1 is 1.05 bits per heavy atom. The predicted octanol–water partition coefficient (Wildman–Crippen LogP) is 5.43. The first-order valence-corrected chi connectivity index (χ1v) is 15.0. The van der Waals surface area contributed by atoms with Crippen molar-refractivity contribution < 1.29 is 27.4 Å². The molecule has 0 atom stereocenters. The molecule has 7 nitrogen and oxygen atoms in total. The highest BCUT2D eigenvalue weighted by molar-refractivity contribution is 7.90. The summed E-state index contributed by atoms with van der Waals surface area (Å²) in [6.45, 7) is 3.97. The first-order valence-electron chi connectivity index (χ1n) is 13.0. The van der Waals surface area contributed by atoms with Gasteiger partial charge < -0.3 is 19.5 Å². The van der Waals surface area contributed by atoms with Crippen molar-refractivity contribution in [1.29, 1.82) is 0 Å². The number of hydrogen-bond donors (Lipinski definition) is 1. The van der Waals surface area contributed by atoms with Gasteiger partial charge in [-0.2, -0.15) is 0 Å². The topological polar surface area (TPSA) is 90.9 Å². The second-order valence-electron chi connectivity index (χ2n) is 10.1. The Bertz CT molecular complexity index is 1450. The van der Waals surface area contributed by atoms with Crippen LogP contribution in [0.3, 0.4) is 0 Å². The largest absolute Gasteiger partial charge is 0.494 e. The van der Waals surface area contributed by atoms with E-state index in [0.717, 1.165) is 57.7 Å². The van der Waals surface area contributed by atoms with Crippen LogP contribution in [-0.4, -0.2) is 33.0 Å². The van der Waals surface area contributed by atoms with Crippen molar-refractivity contribution >= 4 is 21.5 Å². The molecule has 0 bridgehead atoms. The van der Waals surface area contributed by atoms with E-state index >= 15 is 0 Å². The Morgan fingerprint density at radius 2 is 1.87 bits per heavy atom. The highest BCUT2D eigenvalue weighted by Crippen LogP contribution is 2.38. The Kier molecular flexibility index (Phi) is 7.72. The van der Waals surface area contributed by atoms with Crippen molar-refractivity contribution in [3.8, 4) is 22.6 Å². The molecule has 0 amide bonds. The molecule has 0 unspecified atom stereocenters. The van der Waals surface area contributed by atoms with Crippen molar-refractivity contribution in [1.82, 2.24) is 0 Å². The molecule has 0 aromatic heterocycles. The second-order valence-corrected chi connectivity index (χ2v) is 12.4. The molecule has 1 N–H and O–H groups in total. The summed E-state index contributed by atoms with van der Waals surface area (Å²) in [6.07, 6.45) is 3.53. The maximum atomic E-state index is 12.0. The smallest absolute Gasteiger partial charge is 0.314 e. The molecule has 1 aliphatic heterocycles. The SMILES string of the molecule is Cc1cc(OCCCS(C)(=O)=O)cc2c1-c1cccc(CNc3cccc(OC(=O)C4CC4)c3)c1COC2. The van der Waals surface area contributed by atoms with Crippen LogP contribution in [0, 0.1) is 12.8 Å². The quantitative estimate of drug-likeness (QED) is 0.210. The molecular weight excluding hydrogens is 502 g/mol. The summed E-state index contributed by atoms with van der Waals surface area (Å²) in [5.74, 6) is 1.30. The van der Waals surface area contributed by atoms with Crippen LogP contribution in [0.1, 0.15) is 41.5 Å². The third-order valence-electron chi connectivity index (χ3n) is 6.81. The summed E-state index contributed by atoms with van der Waals surface area (Å²) < 4.78 is 40.2. The minimum Gasteiger partial charge on any atom is -0.494 e. The number of esters is 1. The lowest BCUT2D eigenvalue weighted by Gasteiger charge is -2.17. The number of carbonyl (C=O) groups is 1. The van der Waals surface area contributed by atoms with E-state index in [1.165, 1.54) is 6.26 Å². The molecule has 1 aliphatic carbocycles. The molecule has 1 heterocycles. The summed E-state index contributed by atoms with van der Waals surface area (Å²) in [6, 6.07) is 17.8. The first kappa shape index (κ1) is 26.3. The maximum Gasteiger partial charge on any atom is 0.314 e. The fraction of sp³-hybridized carbons (Fsp3) is 0.367. The van der Waals surface area contributed by atoms with Crippen LogP contribution in [0.4, 0.5) is 5.69 Å². The van der Waals surface area contributed by atoms with E-state index in [-0.39, 0.29) is 17.6 Å². The van der Waals surface area contributed by atoms with Crippen LogP contribution in [0.25, 0.3) is 11.1 Å². The number of anilines is 1. The monoisotopic (exact) mass is 535 g/mol. The third-order valence-corrected chi connectivity index (χ3v) is 7.84. The van der Waals surface area contributed by atoms with E-state index in [4.69, 9.17) is 14.2 Å². The zero-order valence-electron chi connectivity index (χ0n) is 21.8. The molecule has 3 aromatic rings. The Morgan fingerprint density at radius 3 is 2.66 bits per heavy atom. The number of ether oxygens (including phenoxy) is 3. The van der Waals surface area contributed by atoms with Gasteiger partial charge in [-0.1, -0.05) is 24.3 Å². The van der Waals surface area contributed by atoms with Crippen molar-refractivity contribution in [3.05, 3.63) is 76.9 Å². The van der Waals surface area contributed by atoms with E-state index in [0.29, 0.717) is 38.5 Å². The highest BCUT2D eigenvalue weighted by Gasteiger charge is 2.31. The maximum absolute atomic E-state index is 12.0. The standard InChI is InChI=1S/C30H33NO6S/c1-20-14-26(36-12-5-13-38(2,33)34)15-23-18-35-19-28-22(6-3-9-27(28)29(20)23)17-31-24-7-4-8-25(16-24)37-30(32)21-10-11-21/h3-4,6-9,14-16,21,31H,5,10-13,17-19H2,1-2H3. The van der Waals surface area contributed by atoms with Gasteiger partial charge in [-0.05, 0) is 83.8 Å². The third kappa shape index (κ3) is 6.55. The van der Waals surface area contributed by atoms with Crippen LogP contribution < -0.4 is 14.8 Å².